The number of carbonyl (C=O) groups is 5. The number of para-hydroxylation sites is 1. The lowest BCUT2D eigenvalue weighted by Gasteiger charge is -2.21. The third-order valence-electron chi connectivity index (χ3n) is 7.89. The van der Waals surface area contributed by atoms with Crippen molar-refractivity contribution in [1.82, 2.24) is 14.0 Å². The second kappa shape index (κ2) is 15.8. The summed E-state index contributed by atoms with van der Waals surface area (Å²) in [5, 5.41) is 28.3. The molecule has 4 heterocycles. The standard InChI is InChI=1S/C33H26N4O13S5/c38-22(39)14-35-28(44)25(52-31(35)26-29(45)36(15-23(40)41)32(53-26)27-30(46)37(16-24(42)43)33(47)54-27)18(17-7-2-1-3-8-17)13-21-34(11-6-12-55(48,49)50)19-9-4-5-10-20(19)51-21/h1-5,7-10,13H,6,11-12,14-16H2,(H,38,39)(H,40,41)(H,42,43)(H,48,49,50)/p-1/b21-13?,25-18?,31-26+,32-27+. The van der Waals surface area contributed by atoms with Crippen molar-refractivity contribution in [3.05, 3.63) is 110 Å². The normalized spacial score (nSPS) is 17.2. The van der Waals surface area contributed by atoms with Gasteiger partial charge in [-0.05, 0) is 42.0 Å². The van der Waals surface area contributed by atoms with E-state index in [1.807, 2.05) is 6.07 Å². The topological polar surface area (TPSA) is 254 Å². The van der Waals surface area contributed by atoms with Gasteiger partial charge in [-0.15, -0.1) is 22.7 Å². The number of fused-ring (bicyclic) bond motifs is 1. The number of thiazole rings is 2. The third kappa shape index (κ3) is 8.38. The monoisotopic (exact) mass is 845 g/mol. The molecule has 1 fully saturated rings. The van der Waals surface area contributed by atoms with Crippen molar-refractivity contribution < 1.29 is 52.3 Å². The Morgan fingerprint density at radius 1 is 0.745 bits per heavy atom. The zero-order chi connectivity index (χ0) is 39.8. The number of hydrogen-bond donors (Lipinski definition) is 3. The first kappa shape index (κ1) is 39.4. The van der Waals surface area contributed by atoms with Gasteiger partial charge in [0.25, 0.3) is 22.3 Å². The zero-order valence-electron chi connectivity index (χ0n) is 27.8. The smallest absolute Gasteiger partial charge is 0.323 e. The maximum atomic E-state index is 14.3. The molecule has 2 aliphatic rings. The van der Waals surface area contributed by atoms with Crippen molar-refractivity contribution in [3.63, 3.8) is 0 Å². The van der Waals surface area contributed by atoms with Crippen LogP contribution < -0.4 is 25.2 Å². The minimum Gasteiger partial charge on any atom is -0.748 e. The number of rotatable bonds is 12. The van der Waals surface area contributed by atoms with Crippen molar-refractivity contribution in [3.8, 4) is 0 Å². The van der Waals surface area contributed by atoms with Gasteiger partial charge < -0.3 is 24.8 Å². The molecule has 286 valence electrons. The number of carboxylic acid groups (broad SMARTS) is 3. The van der Waals surface area contributed by atoms with Crippen LogP contribution in [0.4, 0.5) is 10.5 Å². The molecule has 0 atom stereocenters. The van der Waals surface area contributed by atoms with Crippen LogP contribution in [0.15, 0.2) is 80.2 Å². The highest BCUT2D eigenvalue weighted by Gasteiger charge is 2.38. The first-order chi connectivity index (χ1) is 26.0. The molecule has 2 aromatic carbocycles. The largest absolute Gasteiger partial charge is 0.748 e. The van der Waals surface area contributed by atoms with Gasteiger partial charge in [0.1, 0.15) is 42.9 Å². The third-order valence-corrected chi connectivity index (χ3v) is 13.4. The van der Waals surface area contributed by atoms with Crippen molar-refractivity contribution in [2.45, 2.75) is 24.4 Å². The van der Waals surface area contributed by atoms with Gasteiger partial charge in [0.05, 0.1) is 20.8 Å². The van der Waals surface area contributed by atoms with Crippen molar-refractivity contribution >= 4 is 102 Å². The van der Waals surface area contributed by atoms with Crippen LogP contribution in [-0.2, 0) is 42.4 Å². The summed E-state index contributed by atoms with van der Waals surface area (Å²) in [5.41, 5.74) is -0.348. The van der Waals surface area contributed by atoms with E-state index in [0.717, 1.165) is 20.8 Å². The molecule has 0 radical (unpaired) electrons. The van der Waals surface area contributed by atoms with Crippen LogP contribution in [0.1, 0.15) is 12.0 Å². The summed E-state index contributed by atoms with van der Waals surface area (Å²) in [7, 11) is -4.52. The highest BCUT2D eigenvalue weighted by molar-refractivity contribution is 8.23. The van der Waals surface area contributed by atoms with Gasteiger partial charge in [-0.1, -0.05) is 54.2 Å². The minimum absolute atomic E-state index is 0.0178. The lowest BCUT2D eigenvalue weighted by molar-refractivity contribution is -0.140. The number of imide groups is 1. The van der Waals surface area contributed by atoms with E-state index in [9.17, 15) is 61.9 Å². The number of allylic oxidation sites excluding steroid dienone is 1. The van der Waals surface area contributed by atoms with Crippen molar-refractivity contribution in [2.24, 2.45) is 0 Å². The molecule has 0 aliphatic carbocycles. The van der Waals surface area contributed by atoms with E-state index >= 15 is 0 Å². The predicted molar refractivity (Wildman–Crippen MR) is 201 cm³/mol. The number of amides is 2. The number of anilines is 1. The van der Waals surface area contributed by atoms with Gasteiger partial charge in [0.15, 0.2) is 0 Å². The number of carbonyl (C=O) groups excluding carboxylic acids is 2. The van der Waals surface area contributed by atoms with E-state index in [0.29, 0.717) is 48.8 Å². The first-order valence-electron chi connectivity index (χ1n) is 15.7. The second-order valence-corrected chi connectivity index (χ2v) is 17.2. The summed E-state index contributed by atoms with van der Waals surface area (Å²) in [6.45, 7) is -2.80. The van der Waals surface area contributed by atoms with E-state index in [2.05, 4.69) is 0 Å². The summed E-state index contributed by atoms with van der Waals surface area (Å²) >= 11 is 2.88. The van der Waals surface area contributed by atoms with Gasteiger partial charge in [0.2, 0.25) is 0 Å². The van der Waals surface area contributed by atoms with Crippen LogP contribution in [-0.4, -0.2) is 90.2 Å². The fraction of sp³-hybridized carbons (Fsp3) is 0.182. The molecule has 3 N–H and O–H groups in total. The average molecular weight is 846 g/mol. The Morgan fingerprint density at radius 2 is 1.36 bits per heavy atom. The van der Waals surface area contributed by atoms with E-state index in [1.54, 1.807) is 59.5 Å². The molecule has 1 saturated heterocycles. The van der Waals surface area contributed by atoms with E-state index in [1.165, 1.54) is 11.8 Å². The highest BCUT2D eigenvalue weighted by Crippen LogP contribution is 2.46. The van der Waals surface area contributed by atoms with Crippen LogP contribution >= 0.6 is 46.2 Å². The number of nitrogens with zero attached hydrogens (tertiary/aromatic N) is 4. The summed E-state index contributed by atoms with van der Waals surface area (Å²) in [4.78, 5) is 92.0. The zero-order valence-corrected chi connectivity index (χ0v) is 31.9. The van der Waals surface area contributed by atoms with Crippen LogP contribution in [0.3, 0.4) is 0 Å². The molecule has 0 bridgehead atoms. The number of carboxylic acids is 3. The Labute approximate surface area is 324 Å². The SMILES string of the molecule is O=C(O)CN1C(=O)S/C(=c2/s/c(=c3/sc(=C(C=C4Sc5ccccc5N4CCCS(=O)(=O)[O-])c4ccccc4)c(=O)n3CC(=O)O)c(=O)n2CC(=O)O)C1=O. The number of aromatic nitrogens is 2. The Balaban J connectivity index is 1.69. The predicted octanol–water partition coefficient (Wildman–Crippen LogP) is 1.07. The molecule has 4 aromatic rings. The van der Waals surface area contributed by atoms with Gasteiger partial charge in [-0.2, -0.15) is 0 Å². The lowest BCUT2D eigenvalue weighted by atomic mass is 10.1. The molecule has 0 unspecified atom stereocenters. The van der Waals surface area contributed by atoms with Crippen LogP contribution in [0.5, 0.6) is 0 Å². The molecule has 2 aromatic heterocycles. The Morgan fingerprint density at radius 3 is 2.00 bits per heavy atom. The van der Waals surface area contributed by atoms with E-state index in [4.69, 9.17) is 0 Å². The minimum atomic E-state index is -4.52. The van der Waals surface area contributed by atoms with E-state index < -0.39 is 80.6 Å². The molecule has 0 saturated carbocycles. The van der Waals surface area contributed by atoms with Crippen LogP contribution in [0, 0.1) is 9.20 Å². The molecule has 2 amide bonds. The van der Waals surface area contributed by atoms with Gasteiger partial charge in [-0.3, -0.25) is 47.6 Å². The Kier molecular flexibility index (Phi) is 11.4. The molecule has 17 nitrogen and oxygen atoms in total. The molecule has 0 spiro atoms. The van der Waals surface area contributed by atoms with Crippen molar-refractivity contribution in [1.29, 1.82) is 0 Å². The quantitative estimate of drug-likeness (QED) is 0.169. The Hall–Kier alpha value is -5.26. The molecule has 2 aliphatic heterocycles. The highest BCUT2D eigenvalue weighted by atomic mass is 32.2. The second-order valence-electron chi connectivity index (χ2n) is 11.6. The molecule has 6 rings (SSSR count). The first-order valence-corrected chi connectivity index (χ1v) is 20.5. The number of benzene rings is 2. The van der Waals surface area contributed by atoms with Gasteiger partial charge in [0, 0.05) is 22.8 Å². The van der Waals surface area contributed by atoms with Crippen LogP contribution in [0.25, 0.3) is 10.5 Å². The molecule has 55 heavy (non-hydrogen) atoms. The number of aliphatic carboxylic acids is 3. The summed E-state index contributed by atoms with van der Waals surface area (Å²) in [5.74, 6) is -6.17. The average Bonchev–Trinajstić information content (AvgIpc) is 3.81. The summed E-state index contributed by atoms with van der Waals surface area (Å²) in [6, 6.07) is 15.7. The lowest BCUT2D eigenvalue weighted by Crippen LogP contribution is -2.35. The van der Waals surface area contributed by atoms with E-state index in [-0.39, 0.29) is 36.9 Å². The fourth-order valence-electron chi connectivity index (χ4n) is 5.63. The maximum absolute atomic E-state index is 14.3. The van der Waals surface area contributed by atoms with Crippen LogP contribution in [0.2, 0.25) is 0 Å². The maximum Gasteiger partial charge on any atom is 0.323 e. The summed E-state index contributed by atoms with van der Waals surface area (Å²) < 4.78 is 34.9. The fourth-order valence-corrected chi connectivity index (χ4v) is 10.7. The molecular formula is C33H25N4O13S5-. The van der Waals surface area contributed by atoms with Crippen molar-refractivity contribution in [2.75, 3.05) is 23.7 Å². The summed E-state index contributed by atoms with van der Waals surface area (Å²) in [6.07, 6.45) is 1.64. The van der Waals surface area contributed by atoms with Gasteiger partial charge in [-0.25, -0.2) is 8.42 Å². The molecular weight excluding hydrogens is 821 g/mol. The van der Waals surface area contributed by atoms with Gasteiger partial charge >= 0.3 is 17.9 Å². The number of hydrogen-bond acceptors (Lipinski definition) is 15. The Bertz CT molecular complexity index is 2790. The number of thioether (sulfide) groups is 2. The molecule has 22 heteroatoms.